The first kappa shape index (κ1) is 27.8. The van der Waals surface area contributed by atoms with E-state index in [4.69, 9.17) is 5.73 Å². The maximum Gasteiger partial charge on any atom is 0.305 e. The van der Waals surface area contributed by atoms with E-state index in [2.05, 4.69) is 15.4 Å². The minimum Gasteiger partial charge on any atom is -0.469 e. The zero-order chi connectivity index (χ0) is 24.8. The van der Waals surface area contributed by atoms with Crippen molar-refractivity contribution in [2.75, 3.05) is 7.11 Å². The van der Waals surface area contributed by atoms with Crippen molar-refractivity contribution in [1.29, 1.82) is 0 Å². The Kier molecular flexibility index (Phi) is 12.4. The smallest absolute Gasteiger partial charge is 0.305 e. The quantitative estimate of drug-likeness (QED) is 0.205. The van der Waals surface area contributed by atoms with Crippen LogP contribution in [0.4, 0.5) is 0 Å². The molecule has 33 heavy (non-hydrogen) atoms. The number of rotatable bonds is 15. The molecule has 0 aliphatic rings. The number of benzene rings is 1. The van der Waals surface area contributed by atoms with Crippen LogP contribution in [0.25, 0.3) is 0 Å². The number of hydrogen-bond donors (Lipinski definition) is 3. The van der Waals surface area contributed by atoms with Gasteiger partial charge in [-0.1, -0.05) is 57.0 Å². The van der Waals surface area contributed by atoms with Gasteiger partial charge < -0.3 is 21.1 Å². The third-order valence-corrected chi connectivity index (χ3v) is 5.19. The number of carbonyl (C=O) groups excluding carboxylic acids is 5. The third-order valence-electron chi connectivity index (χ3n) is 5.19. The average Bonchev–Trinajstić information content (AvgIpc) is 2.78. The van der Waals surface area contributed by atoms with E-state index in [-0.39, 0.29) is 30.6 Å². The van der Waals surface area contributed by atoms with Crippen molar-refractivity contribution >= 4 is 29.5 Å². The Morgan fingerprint density at radius 1 is 0.909 bits per heavy atom. The molecule has 0 saturated carbocycles. The van der Waals surface area contributed by atoms with E-state index in [0.29, 0.717) is 19.3 Å². The van der Waals surface area contributed by atoms with Crippen LogP contribution < -0.4 is 16.4 Å². The second-order valence-corrected chi connectivity index (χ2v) is 8.26. The molecule has 2 atom stereocenters. The molecule has 3 amide bonds. The molecule has 0 bridgehead atoms. The number of ketones is 1. The van der Waals surface area contributed by atoms with Gasteiger partial charge in [0, 0.05) is 19.3 Å². The summed E-state index contributed by atoms with van der Waals surface area (Å²) in [6.45, 7) is 3.55. The number of esters is 1. The number of Topliss-reactive ketones (excluding diaryl/α,β-unsaturated/α-hetero) is 1. The molecule has 0 radical (unpaired) electrons. The van der Waals surface area contributed by atoms with Crippen LogP contribution in [-0.4, -0.2) is 48.7 Å². The number of carbonyl (C=O) groups is 5. The van der Waals surface area contributed by atoms with Gasteiger partial charge in [0.15, 0.2) is 0 Å². The Morgan fingerprint density at radius 3 is 2.06 bits per heavy atom. The first-order valence-corrected chi connectivity index (χ1v) is 11.2. The van der Waals surface area contributed by atoms with E-state index in [1.807, 2.05) is 6.07 Å². The molecule has 9 nitrogen and oxygen atoms in total. The van der Waals surface area contributed by atoms with Gasteiger partial charge in [-0.3, -0.25) is 24.0 Å². The summed E-state index contributed by atoms with van der Waals surface area (Å²) in [6.07, 6.45) is 3.59. The molecule has 9 heteroatoms. The summed E-state index contributed by atoms with van der Waals surface area (Å²) in [7, 11) is 1.35. The molecule has 0 aliphatic heterocycles. The van der Waals surface area contributed by atoms with Crippen LogP contribution in [0.3, 0.4) is 0 Å². The lowest BCUT2D eigenvalue weighted by Gasteiger charge is -2.24. The predicted octanol–water partition coefficient (Wildman–Crippen LogP) is 1.42. The Balaban J connectivity index is 2.64. The minimum atomic E-state index is -1.13. The fraction of sp³-hybridized carbons (Fsp3) is 0.542. The van der Waals surface area contributed by atoms with Crippen molar-refractivity contribution < 1.29 is 28.7 Å². The highest BCUT2D eigenvalue weighted by molar-refractivity contribution is 6.37. The number of nitrogens with one attached hydrogen (secondary N) is 2. The minimum absolute atomic E-state index is 0.110. The first-order valence-electron chi connectivity index (χ1n) is 11.2. The summed E-state index contributed by atoms with van der Waals surface area (Å²) in [5, 5.41) is 5.31. The zero-order valence-electron chi connectivity index (χ0n) is 19.6. The second kappa shape index (κ2) is 14.8. The van der Waals surface area contributed by atoms with Crippen molar-refractivity contribution in [3.05, 3.63) is 35.9 Å². The van der Waals surface area contributed by atoms with Crippen molar-refractivity contribution in [2.24, 2.45) is 11.7 Å². The van der Waals surface area contributed by atoms with Gasteiger partial charge in [-0.05, 0) is 24.3 Å². The molecule has 0 aromatic heterocycles. The van der Waals surface area contributed by atoms with E-state index in [0.717, 1.165) is 18.4 Å². The van der Waals surface area contributed by atoms with Gasteiger partial charge in [0.25, 0.3) is 5.91 Å². The largest absolute Gasteiger partial charge is 0.469 e. The topological polar surface area (TPSA) is 145 Å². The molecule has 1 aromatic carbocycles. The number of nitrogens with two attached hydrogens (primary N) is 1. The van der Waals surface area contributed by atoms with Crippen LogP contribution in [-0.2, 0) is 35.1 Å². The Morgan fingerprint density at radius 2 is 1.52 bits per heavy atom. The molecular formula is C24H35N3O6. The molecule has 0 aliphatic carbocycles. The van der Waals surface area contributed by atoms with Gasteiger partial charge >= 0.3 is 5.97 Å². The van der Waals surface area contributed by atoms with Gasteiger partial charge in [-0.2, -0.15) is 0 Å². The van der Waals surface area contributed by atoms with Gasteiger partial charge in [-0.25, -0.2) is 0 Å². The summed E-state index contributed by atoms with van der Waals surface area (Å²) in [5.74, 6) is -3.35. The molecule has 1 rings (SSSR count). The number of primary amides is 1. The molecule has 4 N–H and O–H groups in total. The summed E-state index contributed by atoms with van der Waals surface area (Å²) in [4.78, 5) is 60.1. The highest BCUT2D eigenvalue weighted by Crippen LogP contribution is 2.09. The van der Waals surface area contributed by atoms with Crippen LogP contribution in [0.2, 0.25) is 0 Å². The predicted molar refractivity (Wildman–Crippen MR) is 123 cm³/mol. The van der Waals surface area contributed by atoms with Crippen LogP contribution in [0.15, 0.2) is 30.3 Å². The van der Waals surface area contributed by atoms with Gasteiger partial charge in [-0.15, -0.1) is 0 Å². The molecule has 2 unspecified atom stereocenters. The SMILES string of the molecule is COC(=O)CCCCCCC(=O)NC(C(=O)NC(Cc1ccccc1)C(=O)C(N)=O)C(C)C. The lowest BCUT2D eigenvalue weighted by molar-refractivity contribution is -0.140. The molecule has 0 heterocycles. The highest BCUT2D eigenvalue weighted by Gasteiger charge is 2.30. The fourth-order valence-corrected chi connectivity index (χ4v) is 3.28. The summed E-state index contributed by atoms with van der Waals surface area (Å²) < 4.78 is 4.58. The molecule has 182 valence electrons. The van der Waals surface area contributed by atoms with E-state index < -0.39 is 29.7 Å². The van der Waals surface area contributed by atoms with E-state index in [1.54, 1.807) is 38.1 Å². The first-order chi connectivity index (χ1) is 15.6. The second-order valence-electron chi connectivity index (χ2n) is 8.26. The van der Waals surface area contributed by atoms with Crippen LogP contribution >= 0.6 is 0 Å². The Labute approximate surface area is 194 Å². The van der Waals surface area contributed by atoms with Crippen molar-refractivity contribution in [3.8, 4) is 0 Å². The normalized spacial score (nSPS) is 12.5. The number of methoxy groups -OCH3 is 1. The number of unbranched alkanes of at least 4 members (excludes halogenated alkanes) is 3. The molecule has 1 aromatic rings. The summed E-state index contributed by atoms with van der Waals surface area (Å²) in [5.41, 5.74) is 5.92. The van der Waals surface area contributed by atoms with Gasteiger partial charge in [0.2, 0.25) is 17.6 Å². The third kappa shape index (κ3) is 10.8. The fourth-order valence-electron chi connectivity index (χ4n) is 3.28. The summed E-state index contributed by atoms with van der Waals surface area (Å²) >= 11 is 0. The highest BCUT2D eigenvalue weighted by atomic mass is 16.5. The molecular weight excluding hydrogens is 426 g/mol. The maximum absolute atomic E-state index is 12.9. The van der Waals surface area contributed by atoms with Crippen LogP contribution in [0.5, 0.6) is 0 Å². The Hall–Kier alpha value is -3.23. The van der Waals surface area contributed by atoms with Gasteiger partial charge in [0.1, 0.15) is 12.1 Å². The lowest BCUT2D eigenvalue weighted by atomic mass is 9.99. The van der Waals surface area contributed by atoms with Crippen molar-refractivity contribution in [1.82, 2.24) is 10.6 Å². The monoisotopic (exact) mass is 461 g/mol. The summed E-state index contributed by atoms with van der Waals surface area (Å²) in [6, 6.07) is 6.96. The average molecular weight is 462 g/mol. The van der Waals surface area contributed by atoms with Crippen molar-refractivity contribution in [2.45, 2.75) is 70.9 Å². The zero-order valence-corrected chi connectivity index (χ0v) is 19.6. The van der Waals surface area contributed by atoms with Gasteiger partial charge in [0.05, 0.1) is 7.11 Å². The number of ether oxygens (including phenoxy) is 1. The van der Waals surface area contributed by atoms with Crippen LogP contribution in [0.1, 0.15) is 57.9 Å². The molecule has 0 spiro atoms. The lowest BCUT2D eigenvalue weighted by Crippen LogP contribution is -2.55. The molecule has 0 saturated heterocycles. The molecule has 0 fully saturated rings. The Bertz CT molecular complexity index is 810. The standard InChI is InChI=1S/C24H35N3O6/c1-16(2)21(27-19(28)13-9-4-5-10-14-20(29)33-3)24(32)26-18(22(30)23(25)31)15-17-11-7-6-8-12-17/h6-8,11-12,16,18,21H,4-5,9-10,13-15H2,1-3H3,(H2,25,31)(H,26,32)(H,27,28). The number of amides is 3. The number of hydrogen-bond acceptors (Lipinski definition) is 6. The van der Waals surface area contributed by atoms with E-state index >= 15 is 0 Å². The maximum atomic E-state index is 12.9. The van der Waals surface area contributed by atoms with E-state index in [9.17, 15) is 24.0 Å². The van der Waals surface area contributed by atoms with Crippen molar-refractivity contribution in [3.63, 3.8) is 0 Å². The van der Waals surface area contributed by atoms with Crippen LogP contribution in [0, 0.1) is 5.92 Å². The van der Waals surface area contributed by atoms with E-state index in [1.165, 1.54) is 7.11 Å².